The molecule has 0 fully saturated rings. The van der Waals surface area contributed by atoms with Crippen molar-refractivity contribution in [2.75, 3.05) is 0 Å². The maximum absolute atomic E-state index is 12.4. The van der Waals surface area contributed by atoms with Gasteiger partial charge in [-0.05, 0) is 55.5 Å². The van der Waals surface area contributed by atoms with E-state index >= 15 is 0 Å². The topological polar surface area (TPSA) is 143 Å². The summed E-state index contributed by atoms with van der Waals surface area (Å²) in [5, 5.41) is 15.1. The number of fused-ring (bicyclic) bond motifs is 1. The largest absolute Gasteiger partial charge is 0.457 e. The van der Waals surface area contributed by atoms with Gasteiger partial charge in [0.2, 0.25) is 10.0 Å². The molecule has 0 amide bonds. The second-order valence-corrected chi connectivity index (χ2v) is 8.44. The highest BCUT2D eigenvalue weighted by atomic mass is 32.2. The summed E-state index contributed by atoms with van der Waals surface area (Å²) in [4.78, 5) is 19.4. The molecule has 0 unspecified atom stereocenters. The van der Waals surface area contributed by atoms with Gasteiger partial charge in [-0.3, -0.25) is 4.79 Å². The van der Waals surface area contributed by atoms with Crippen LogP contribution in [0, 0.1) is 18.3 Å². The van der Waals surface area contributed by atoms with E-state index in [0.717, 1.165) is 5.56 Å². The first-order chi connectivity index (χ1) is 14.7. The van der Waals surface area contributed by atoms with Crippen molar-refractivity contribution in [3.05, 3.63) is 82.1 Å². The van der Waals surface area contributed by atoms with Crippen molar-refractivity contribution >= 4 is 32.6 Å². The third-order valence-corrected chi connectivity index (χ3v) is 5.55. The number of primary sulfonamides is 1. The quantitative estimate of drug-likeness (QED) is 0.474. The second-order valence-electron chi connectivity index (χ2n) is 6.88. The van der Waals surface area contributed by atoms with Crippen molar-refractivity contribution in [1.29, 1.82) is 5.26 Å². The lowest BCUT2D eigenvalue weighted by atomic mass is 10.1. The average Bonchev–Trinajstić information content (AvgIpc) is 3.20. The highest BCUT2D eigenvalue weighted by Gasteiger charge is 2.12. The Morgan fingerprint density at radius 2 is 1.90 bits per heavy atom. The molecule has 0 spiro atoms. The van der Waals surface area contributed by atoms with Crippen LogP contribution in [0.4, 0.5) is 0 Å². The molecule has 0 aliphatic heterocycles. The maximum Gasteiger partial charge on any atom is 0.259 e. The second kappa shape index (κ2) is 7.68. The number of aryl methyl sites for hydroxylation is 1. The molecule has 0 aliphatic rings. The van der Waals surface area contributed by atoms with Gasteiger partial charge in [-0.2, -0.15) is 5.26 Å². The Morgan fingerprint density at radius 3 is 2.58 bits per heavy atom. The number of allylic oxidation sites excluding steroid dienone is 1. The third kappa shape index (κ3) is 4.16. The van der Waals surface area contributed by atoms with E-state index < -0.39 is 10.0 Å². The Labute approximate surface area is 177 Å². The molecule has 9 heteroatoms. The fraction of sp³-hybridized carbons (Fsp3) is 0.0455. The van der Waals surface area contributed by atoms with Crippen molar-refractivity contribution in [3.8, 4) is 17.4 Å². The minimum Gasteiger partial charge on any atom is -0.457 e. The number of benzene rings is 2. The van der Waals surface area contributed by atoms with E-state index in [1.165, 1.54) is 18.2 Å². The molecule has 0 aliphatic carbocycles. The molecule has 31 heavy (non-hydrogen) atoms. The van der Waals surface area contributed by atoms with Crippen molar-refractivity contribution in [2.45, 2.75) is 11.8 Å². The Kier molecular flexibility index (Phi) is 5.02. The van der Waals surface area contributed by atoms with Gasteiger partial charge in [0.15, 0.2) is 5.82 Å². The fourth-order valence-corrected chi connectivity index (χ4v) is 3.59. The summed E-state index contributed by atoms with van der Waals surface area (Å²) in [6.07, 6.45) is 1.47. The molecule has 0 saturated heterocycles. The van der Waals surface area contributed by atoms with Crippen LogP contribution >= 0.6 is 0 Å². The molecule has 2 aromatic heterocycles. The van der Waals surface area contributed by atoms with Crippen molar-refractivity contribution < 1.29 is 12.8 Å². The van der Waals surface area contributed by atoms with Crippen LogP contribution in [0.15, 0.2) is 68.7 Å². The van der Waals surface area contributed by atoms with Crippen LogP contribution in [0.3, 0.4) is 0 Å². The van der Waals surface area contributed by atoms with E-state index in [2.05, 4.69) is 9.97 Å². The molecule has 4 aromatic rings. The lowest BCUT2D eigenvalue weighted by Gasteiger charge is -2.02. The number of sulfonamides is 1. The number of nitrogens with two attached hydrogens (primary N) is 1. The number of rotatable bonds is 4. The van der Waals surface area contributed by atoms with Gasteiger partial charge in [-0.25, -0.2) is 18.5 Å². The molecule has 0 atom stereocenters. The van der Waals surface area contributed by atoms with Crippen LogP contribution in [-0.2, 0) is 10.0 Å². The number of nitriles is 1. The zero-order valence-electron chi connectivity index (χ0n) is 16.3. The van der Waals surface area contributed by atoms with Crippen molar-refractivity contribution in [3.63, 3.8) is 0 Å². The summed E-state index contributed by atoms with van der Waals surface area (Å²) >= 11 is 0. The number of nitrogens with zero attached hydrogens (tertiary/aromatic N) is 2. The maximum atomic E-state index is 12.4. The van der Waals surface area contributed by atoms with Gasteiger partial charge in [-0.1, -0.05) is 11.6 Å². The molecule has 3 N–H and O–H groups in total. The smallest absolute Gasteiger partial charge is 0.259 e. The molecule has 0 saturated carbocycles. The van der Waals surface area contributed by atoms with Gasteiger partial charge in [0.05, 0.1) is 21.4 Å². The molecule has 2 aromatic carbocycles. The van der Waals surface area contributed by atoms with E-state index in [-0.39, 0.29) is 21.9 Å². The van der Waals surface area contributed by atoms with Crippen LogP contribution in [-0.4, -0.2) is 18.4 Å². The predicted octanol–water partition coefficient (Wildman–Crippen LogP) is 3.20. The van der Waals surface area contributed by atoms with Gasteiger partial charge in [0.25, 0.3) is 5.56 Å². The minimum atomic E-state index is -3.78. The molecule has 154 valence electrons. The number of hydrogen-bond donors (Lipinski definition) is 2. The molecule has 2 heterocycles. The Morgan fingerprint density at radius 1 is 1.16 bits per heavy atom. The van der Waals surface area contributed by atoms with Crippen molar-refractivity contribution in [2.24, 2.45) is 5.14 Å². The fourth-order valence-electron chi connectivity index (χ4n) is 3.07. The number of aromatic amines is 1. The molecular weight excluding hydrogens is 416 g/mol. The van der Waals surface area contributed by atoms with Crippen LogP contribution in [0.25, 0.3) is 33.9 Å². The Balaban J connectivity index is 1.69. The molecule has 4 rings (SSSR count). The third-order valence-electron chi connectivity index (χ3n) is 4.62. The zero-order valence-corrected chi connectivity index (χ0v) is 17.1. The number of nitrogens with one attached hydrogen (secondary N) is 1. The lowest BCUT2D eigenvalue weighted by molar-refractivity contribution is 0.571. The van der Waals surface area contributed by atoms with Crippen molar-refractivity contribution in [1.82, 2.24) is 9.97 Å². The summed E-state index contributed by atoms with van der Waals surface area (Å²) in [6, 6.07) is 16.6. The summed E-state index contributed by atoms with van der Waals surface area (Å²) in [6.45, 7) is 1.88. The van der Waals surface area contributed by atoms with E-state index in [4.69, 9.17) is 9.56 Å². The minimum absolute atomic E-state index is 0.00350. The standard InChI is InChI=1S/C22H16N4O4S/c1-13-2-8-19-18(10-13)22(27)26-21(25-19)15(12-23)11-16-5-9-20(30-16)14-3-6-17(7-4-14)31(24,28)29/h2-11H,1H3,(H2,24,28,29)(H,25,26,27)/b15-11-. The van der Waals surface area contributed by atoms with Gasteiger partial charge in [0, 0.05) is 11.6 Å². The average molecular weight is 432 g/mol. The van der Waals surface area contributed by atoms with Gasteiger partial charge >= 0.3 is 0 Å². The first-order valence-corrected chi connectivity index (χ1v) is 10.7. The van der Waals surface area contributed by atoms with E-state index in [9.17, 15) is 18.5 Å². The summed E-state index contributed by atoms with van der Waals surface area (Å²) < 4.78 is 28.5. The van der Waals surface area contributed by atoms with Gasteiger partial charge in [0.1, 0.15) is 17.6 Å². The summed E-state index contributed by atoms with van der Waals surface area (Å²) in [5.74, 6) is 0.980. The number of hydrogen-bond acceptors (Lipinski definition) is 6. The molecule has 0 bridgehead atoms. The first-order valence-electron chi connectivity index (χ1n) is 9.10. The highest BCUT2D eigenvalue weighted by molar-refractivity contribution is 7.89. The number of H-pyrrole nitrogens is 1. The van der Waals surface area contributed by atoms with E-state index in [0.29, 0.717) is 28.0 Å². The monoisotopic (exact) mass is 432 g/mol. The van der Waals surface area contributed by atoms with Gasteiger partial charge < -0.3 is 9.40 Å². The predicted molar refractivity (Wildman–Crippen MR) is 116 cm³/mol. The Bertz CT molecular complexity index is 1540. The zero-order chi connectivity index (χ0) is 22.2. The normalized spacial score (nSPS) is 12.1. The number of furan rings is 1. The lowest BCUT2D eigenvalue weighted by Crippen LogP contribution is -2.11. The Hall–Kier alpha value is -4.00. The molecule has 0 radical (unpaired) electrons. The van der Waals surface area contributed by atoms with Crippen LogP contribution in [0.1, 0.15) is 17.1 Å². The first kappa shape index (κ1) is 20.3. The summed E-state index contributed by atoms with van der Waals surface area (Å²) in [5.41, 5.74) is 1.85. The van der Waals surface area contributed by atoms with Crippen LogP contribution in [0.5, 0.6) is 0 Å². The van der Waals surface area contributed by atoms with Crippen LogP contribution < -0.4 is 10.7 Å². The highest BCUT2D eigenvalue weighted by Crippen LogP contribution is 2.25. The molecule has 8 nitrogen and oxygen atoms in total. The van der Waals surface area contributed by atoms with E-state index in [1.54, 1.807) is 36.4 Å². The number of aromatic nitrogens is 2. The van der Waals surface area contributed by atoms with Gasteiger partial charge in [-0.15, -0.1) is 0 Å². The van der Waals surface area contributed by atoms with Crippen LogP contribution in [0.2, 0.25) is 0 Å². The van der Waals surface area contributed by atoms with E-state index in [1.807, 2.05) is 19.1 Å². The molecular formula is C22H16N4O4S. The summed E-state index contributed by atoms with van der Waals surface area (Å²) in [7, 11) is -3.78. The SMILES string of the molecule is Cc1ccc2nc(/C(C#N)=C\c3ccc(-c4ccc(S(N)(=O)=O)cc4)o3)[nH]c(=O)c2c1.